The maximum atomic E-state index is 12.9. The van der Waals surface area contributed by atoms with Gasteiger partial charge in [-0.2, -0.15) is 0 Å². The van der Waals surface area contributed by atoms with Gasteiger partial charge in [0.15, 0.2) is 0 Å². The quantitative estimate of drug-likeness (QED) is 0.406. The molecule has 2 aromatic heterocycles. The number of hydrogen-bond donors (Lipinski definition) is 1. The van der Waals surface area contributed by atoms with Gasteiger partial charge in [-0.25, -0.2) is 0 Å². The smallest absolute Gasteiger partial charge is 0.296 e. The second kappa shape index (κ2) is 7.85. The van der Waals surface area contributed by atoms with E-state index < -0.39 is 17.7 Å². The van der Waals surface area contributed by atoms with Crippen LogP contribution in [0, 0.1) is 0 Å². The molecule has 4 rings (SSSR count). The lowest BCUT2D eigenvalue weighted by molar-refractivity contribution is -0.140. The molecule has 1 aliphatic rings. The molecule has 1 unspecified atom stereocenters. The van der Waals surface area contributed by atoms with Crippen LogP contribution in [-0.4, -0.2) is 31.7 Å². The van der Waals surface area contributed by atoms with Gasteiger partial charge in [-0.1, -0.05) is 29.8 Å². The predicted molar refractivity (Wildman–Crippen MR) is 108 cm³/mol. The van der Waals surface area contributed by atoms with Gasteiger partial charge in [0, 0.05) is 35.7 Å². The average molecular weight is 406 g/mol. The Morgan fingerprint density at radius 1 is 1.03 bits per heavy atom. The molecular weight excluding hydrogens is 390 g/mol. The molecule has 1 aliphatic heterocycles. The summed E-state index contributed by atoms with van der Waals surface area (Å²) in [6.07, 6.45) is 4.82. The molecule has 7 heteroatoms. The summed E-state index contributed by atoms with van der Waals surface area (Å²) in [7, 11) is 0. The van der Waals surface area contributed by atoms with E-state index in [1.54, 1.807) is 73.2 Å². The normalized spacial score (nSPS) is 18.2. The molecule has 0 bridgehead atoms. The Morgan fingerprint density at radius 3 is 2.52 bits per heavy atom. The minimum Gasteiger partial charge on any atom is -0.507 e. The Kier molecular flexibility index (Phi) is 5.10. The molecule has 144 valence electrons. The van der Waals surface area contributed by atoms with E-state index >= 15 is 0 Å². The number of rotatable bonds is 4. The van der Waals surface area contributed by atoms with Gasteiger partial charge in [0.05, 0.1) is 11.3 Å². The first-order chi connectivity index (χ1) is 14.1. The predicted octanol–water partition coefficient (Wildman–Crippen LogP) is 3.75. The van der Waals surface area contributed by atoms with Gasteiger partial charge >= 0.3 is 0 Å². The van der Waals surface area contributed by atoms with Gasteiger partial charge in [0.2, 0.25) is 0 Å². The van der Waals surface area contributed by atoms with Crippen molar-refractivity contribution in [2.45, 2.75) is 12.6 Å². The zero-order chi connectivity index (χ0) is 20.4. The van der Waals surface area contributed by atoms with Gasteiger partial charge in [0.25, 0.3) is 11.7 Å². The molecule has 1 fully saturated rings. The molecule has 3 heterocycles. The van der Waals surface area contributed by atoms with Crippen molar-refractivity contribution in [1.29, 1.82) is 0 Å². The minimum atomic E-state index is -0.816. The van der Waals surface area contributed by atoms with E-state index in [0.717, 1.165) is 5.56 Å². The fraction of sp³-hybridized carbons (Fsp3) is 0.0909. The van der Waals surface area contributed by atoms with E-state index in [1.807, 2.05) is 0 Å². The number of amides is 1. The first-order valence-electron chi connectivity index (χ1n) is 8.90. The van der Waals surface area contributed by atoms with E-state index in [0.29, 0.717) is 16.3 Å². The summed E-state index contributed by atoms with van der Waals surface area (Å²) in [6, 6.07) is 14.5. The number of benzene rings is 1. The molecule has 1 N–H and O–H groups in total. The number of hydrogen-bond acceptors (Lipinski definition) is 5. The van der Waals surface area contributed by atoms with E-state index in [9.17, 15) is 14.7 Å². The molecule has 6 nitrogen and oxygen atoms in total. The largest absolute Gasteiger partial charge is 0.507 e. The summed E-state index contributed by atoms with van der Waals surface area (Å²) in [6.45, 7) is 0.181. The first-order valence-corrected chi connectivity index (χ1v) is 9.28. The van der Waals surface area contributed by atoms with Crippen molar-refractivity contribution in [3.8, 4) is 0 Å². The SMILES string of the molecule is O=C1C(=O)N(Cc2ccncc2)C(c2ccccn2)/C1=C(/O)c1cccc(Cl)c1. The summed E-state index contributed by atoms with van der Waals surface area (Å²) in [4.78, 5) is 35.5. The summed E-state index contributed by atoms with van der Waals surface area (Å²) in [5, 5.41) is 11.3. The minimum absolute atomic E-state index is 0.00924. The van der Waals surface area contributed by atoms with Gasteiger partial charge in [-0.3, -0.25) is 19.6 Å². The highest BCUT2D eigenvalue weighted by Gasteiger charge is 2.46. The van der Waals surface area contributed by atoms with Crippen LogP contribution in [0.4, 0.5) is 0 Å². The fourth-order valence-electron chi connectivity index (χ4n) is 3.36. The number of aliphatic hydroxyl groups is 1. The van der Waals surface area contributed by atoms with E-state index in [1.165, 1.54) is 4.90 Å². The van der Waals surface area contributed by atoms with Crippen molar-refractivity contribution in [2.24, 2.45) is 0 Å². The van der Waals surface area contributed by atoms with Crippen LogP contribution in [0.3, 0.4) is 0 Å². The van der Waals surface area contributed by atoms with Crippen LogP contribution >= 0.6 is 11.6 Å². The van der Waals surface area contributed by atoms with Crippen LogP contribution in [0.25, 0.3) is 5.76 Å². The standard InChI is InChI=1S/C22H16ClN3O3/c23-16-5-3-4-15(12-16)20(27)18-19(17-6-1-2-9-25-17)26(22(29)21(18)28)13-14-7-10-24-11-8-14/h1-12,19,27H,13H2/b20-18-. The Labute approximate surface area is 172 Å². The van der Waals surface area contributed by atoms with Crippen LogP contribution in [0.15, 0.2) is 78.8 Å². The molecule has 1 aromatic carbocycles. The maximum Gasteiger partial charge on any atom is 0.296 e. The molecule has 0 spiro atoms. The molecule has 3 aromatic rings. The molecule has 0 saturated carbocycles. The highest BCUT2D eigenvalue weighted by atomic mass is 35.5. The fourth-order valence-corrected chi connectivity index (χ4v) is 3.55. The second-order valence-electron chi connectivity index (χ2n) is 6.55. The van der Waals surface area contributed by atoms with Gasteiger partial charge in [0.1, 0.15) is 11.8 Å². The number of carbonyl (C=O) groups excluding carboxylic acids is 2. The molecule has 0 aliphatic carbocycles. The monoisotopic (exact) mass is 405 g/mol. The van der Waals surface area contributed by atoms with Gasteiger partial charge in [-0.05, 0) is 42.0 Å². The summed E-state index contributed by atoms with van der Waals surface area (Å²) >= 11 is 6.04. The maximum absolute atomic E-state index is 12.9. The molecular formula is C22H16ClN3O3. The summed E-state index contributed by atoms with van der Waals surface area (Å²) in [5.74, 6) is -1.73. The molecule has 1 atom stereocenters. The number of halogens is 1. The Balaban J connectivity index is 1.86. The number of carbonyl (C=O) groups is 2. The van der Waals surface area contributed by atoms with Crippen molar-refractivity contribution in [3.05, 3.63) is 101 Å². The highest BCUT2D eigenvalue weighted by molar-refractivity contribution is 6.46. The third-order valence-electron chi connectivity index (χ3n) is 4.71. The van der Waals surface area contributed by atoms with Gasteiger partial charge in [-0.15, -0.1) is 0 Å². The molecule has 0 radical (unpaired) electrons. The highest BCUT2D eigenvalue weighted by Crippen LogP contribution is 2.39. The number of ketones is 1. The van der Waals surface area contributed by atoms with Crippen LogP contribution in [0.2, 0.25) is 5.02 Å². The lowest BCUT2D eigenvalue weighted by atomic mass is 9.98. The van der Waals surface area contributed by atoms with E-state index in [-0.39, 0.29) is 17.9 Å². The number of nitrogens with zero attached hydrogens (tertiary/aromatic N) is 3. The zero-order valence-corrected chi connectivity index (χ0v) is 16.0. The molecule has 1 amide bonds. The van der Waals surface area contributed by atoms with Crippen molar-refractivity contribution in [2.75, 3.05) is 0 Å². The van der Waals surface area contributed by atoms with Crippen LogP contribution < -0.4 is 0 Å². The topological polar surface area (TPSA) is 83.4 Å². The van der Waals surface area contributed by atoms with Crippen LogP contribution in [0.1, 0.15) is 22.9 Å². The van der Waals surface area contributed by atoms with Gasteiger partial charge < -0.3 is 10.0 Å². The van der Waals surface area contributed by atoms with Crippen LogP contribution in [-0.2, 0) is 16.1 Å². The number of aromatic nitrogens is 2. The second-order valence-corrected chi connectivity index (χ2v) is 6.98. The van der Waals surface area contributed by atoms with Crippen molar-refractivity contribution in [3.63, 3.8) is 0 Å². The summed E-state index contributed by atoms with van der Waals surface area (Å²) in [5.41, 5.74) is 1.65. The third kappa shape index (κ3) is 3.62. The number of aliphatic hydroxyl groups excluding tert-OH is 1. The third-order valence-corrected chi connectivity index (χ3v) is 4.94. The average Bonchev–Trinajstić information content (AvgIpc) is 2.99. The van der Waals surface area contributed by atoms with Crippen molar-refractivity contribution < 1.29 is 14.7 Å². The number of likely N-dealkylation sites (tertiary alicyclic amines) is 1. The molecule has 1 saturated heterocycles. The summed E-state index contributed by atoms with van der Waals surface area (Å²) < 4.78 is 0. The Morgan fingerprint density at radius 2 is 1.83 bits per heavy atom. The van der Waals surface area contributed by atoms with E-state index in [4.69, 9.17) is 11.6 Å². The molecule has 29 heavy (non-hydrogen) atoms. The Hall–Kier alpha value is -3.51. The lowest BCUT2D eigenvalue weighted by Crippen LogP contribution is -2.29. The Bertz CT molecular complexity index is 1100. The van der Waals surface area contributed by atoms with E-state index in [2.05, 4.69) is 9.97 Å². The van der Waals surface area contributed by atoms with Crippen LogP contribution in [0.5, 0.6) is 0 Å². The lowest BCUT2D eigenvalue weighted by Gasteiger charge is -2.24. The zero-order valence-electron chi connectivity index (χ0n) is 15.2. The van der Waals surface area contributed by atoms with Crippen molar-refractivity contribution >= 4 is 29.1 Å². The van der Waals surface area contributed by atoms with Crippen molar-refractivity contribution in [1.82, 2.24) is 14.9 Å². The number of pyridine rings is 2. The number of Topliss-reactive ketones (excluding diaryl/α,β-unsaturated/α-hetero) is 1. The first kappa shape index (κ1) is 18.8.